The molecule has 1 saturated heterocycles. The van der Waals surface area contributed by atoms with Gasteiger partial charge in [-0.05, 0) is 32.0 Å². The van der Waals surface area contributed by atoms with E-state index < -0.39 is 0 Å². The monoisotopic (exact) mass is 361 g/mol. The van der Waals surface area contributed by atoms with E-state index >= 15 is 0 Å². The average Bonchev–Trinajstić information content (AvgIpc) is 2.91. The lowest BCUT2D eigenvalue weighted by Crippen LogP contribution is -2.25. The van der Waals surface area contributed by atoms with Crippen LogP contribution in [0.2, 0.25) is 0 Å². The molecule has 1 aromatic rings. The summed E-state index contributed by atoms with van der Waals surface area (Å²) >= 11 is 2.38. The first-order valence-corrected chi connectivity index (χ1v) is 8.06. The molecule has 1 unspecified atom stereocenters. The highest BCUT2D eigenvalue weighted by Crippen LogP contribution is 2.16. The van der Waals surface area contributed by atoms with E-state index in [1.807, 2.05) is 6.07 Å². The maximum atomic E-state index is 5.64. The minimum absolute atomic E-state index is 0.453. The Morgan fingerprint density at radius 2 is 2.22 bits per heavy atom. The molecular weight excluding hydrogens is 341 g/mol. The summed E-state index contributed by atoms with van der Waals surface area (Å²) in [7, 11) is 0. The predicted molar refractivity (Wildman–Crippen MR) is 80.5 cm³/mol. The SMILES string of the molecule is CC(CI)c1ccnc(OCCN2CCCC2)n1. The highest BCUT2D eigenvalue weighted by atomic mass is 127. The third-order valence-corrected chi connectivity index (χ3v) is 4.55. The van der Waals surface area contributed by atoms with E-state index in [2.05, 4.69) is 44.4 Å². The number of hydrogen-bond donors (Lipinski definition) is 0. The predicted octanol–water partition coefficient (Wildman–Crippen LogP) is 2.49. The molecule has 1 aromatic heterocycles. The number of alkyl halides is 1. The van der Waals surface area contributed by atoms with Crippen LogP contribution in [-0.2, 0) is 0 Å². The zero-order valence-corrected chi connectivity index (χ0v) is 13.0. The average molecular weight is 361 g/mol. The maximum absolute atomic E-state index is 5.64. The van der Waals surface area contributed by atoms with Gasteiger partial charge in [0.2, 0.25) is 0 Å². The van der Waals surface area contributed by atoms with Crippen LogP contribution in [0.5, 0.6) is 6.01 Å². The van der Waals surface area contributed by atoms with Gasteiger partial charge in [0.1, 0.15) is 6.61 Å². The van der Waals surface area contributed by atoms with Gasteiger partial charge in [-0.1, -0.05) is 29.5 Å². The quantitative estimate of drug-likeness (QED) is 0.577. The second-order valence-electron chi connectivity index (χ2n) is 4.72. The van der Waals surface area contributed by atoms with Gasteiger partial charge in [0.25, 0.3) is 0 Å². The van der Waals surface area contributed by atoms with E-state index in [9.17, 15) is 0 Å². The molecule has 1 fully saturated rings. The van der Waals surface area contributed by atoms with Gasteiger partial charge in [0.05, 0.1) is 5.69 Å². The summed E-state index contributed by atoms with van der Waals surface area (Å²) in [6.45, 7) is 6.24. The summed E-state index contributed by atoms with van der Waals surface area (Å²) in [6.07, 6.45) is 4.43. The van der Waals surface area contributed by atoms with Gasteiger partial charge in [0.15, 0.2) is 0 Å². The summed E-state index contributed by atoms with van der Waals surface area (Å²) in [5, 5.41) is 0. The van der Waals surface area contributed by atoms with Crippen molar-refractivity contribution in [3.05, 3.63) is 18.0 Å². The highest BCUT2D eigenvalue weighted by molar-refractivity contribution is 14.1. The van der Waals surface area contributed by atoms with Crippen molar-refractivity contribution in [3.8, 4) is 6.01 Å². The molecule has 100 valence electrons. The summed E-state index contributed by atoms with van der Waals surface area (Å²) in [5.41, 5.74) is 1.07. The Kier molecular flexibility index (Phi) is 5.62. The molecule has 0 bridgehead atoms. The summed E-state index contributed by atoms with van der Waals surface area (Å²) in [6, 6.07) is 2.49. The highest BCUT2D eigenvalue weighted by Gasteiger charge is 2.11. The van der Waals surface area contributed by atoms with Crippen molar-refractivity contribution in [1.82, 2.24) is 14.9 Å². The van der Waals surface area contributed by atoms with E-state index in [1.165, 1.54) is 25.9 Å². The standard InChI is InChI=1S/C13H20IN3O/c1-11(10-14)12-4-5-15-13(16-12)18-9-8-17-6-2-3-7-17/h4-5,11H,2-3,6-10H2,1H3. The van der Waals surface area contributed by atoms with Crippen LogP contribution in [-0.4, -0.2) is 45.5 Å². The number of ether oxygens (including phenoxy) is 1. The molecule has 0 amide bonds. The zero-order chi connectivity index (χ0) is 12.8. The lowest BCUT2D eigenvalue weighted by atomic mass is 10.1. The third-order valence-electron chi connectivity index (χ3n) is 3.23. The van der Waals surface area contributed by atoms with Crippen LogP contribution in [0, 0.1) is 0 Å². The number of hydrogen-bond acceptors (Lipinski definition) is 4. The Morgan fingerprint density at radius 1 is 1.44 bits per heavy atom. The summed E-state index contributed by atoms with van der Waals surface area (Å²) in [5.74, 6) is 0.453. The van der Waals surface area contributed by atoms with Crippen molar-refractivity contribution >= 4 is 22.6 Å². The van der Waals surface area contributed by atoms with Crippen LogP contribution < -0.4 is 4.74 Å². The number of nitrogens with zero attached hydrogens (tertiary/aromatic N) is 3. The first kappa shape index (κ1) is 14.0. The Labute approximate surface area is 122 Å². The molecule has 1 aliphatic heterocycles. The van der Waals surface area contributed by atoms with Gasteiger partial charge < -0.3 is 4.74 Å². The Balaban J connectivity index is 1.81. The van der Waals surface area contributed by atoms with Gasteiger partial charge in [0, 0.05) is 23.1 Å². The van der Waals surface area contributed by atoms with Crippen molar-refractivity contribution in [2.45, 2.75) is 25.7 Å². The molecule has 0 N–H and O–H groups in total. The van der Waals surface area contributed by atoms with Gasteiger partial charge in [-0.3, -0.25) is 4.90 Å². The van der Waals surface area contributed by atoms with Crippen molar-refractivity contribution in [2.24, 2.45) is 0 Å². The molecule has 0 aliphatic carbocycles. The lowest BCUT2D eigenvalue weighted by Gasteiger charge is -2.14. The van der Waals surface area contributed by atoms with E-state index in [1.54, 1.807) is 6.20 Å². The molecule has 1 aliphatic rings. The maximum Gasteiger partial charge on any atom is 0.316 e. The number of rotatable bonds is 6. The Morgan fingerprint density at radius 3 is 2.94 bits per heavy atom. The largest absolute Gasteiger partial charge is 0.462 e. The van der Waals surface area contributed by atoms with E-state index in [0.29, 0.717) is 18.5 Å². The van der Waals surface area contributed by atoms with Crippen molar-refractivity contribution < 1.29 is 4.74 Å². The zero-order valence-electron chi connectivity index (χ0n) is 10.8. The molecule has 0 saturated carbocycles. The molecule has 5 heteroatoms. The van der Waals surface area contributed by atoms with Crippen LogP contribution in [0.3, 0.4) is 0 Å². The first-order valence-electron chi connectivity index (χ1n) is 6.53. The van der Waals surface area contributed by atoms with Crippen molar-refractivity contribution in [1.29, 1.82) is 0 Å². The Hall–Kier alpha value is -0.430. The molecule has 1 atom stereocenters. The fraction of sp³-hybridized carbons (Fsp3) is 0.692. The normalized spacial score (nSPS) is 17.9. The fourth-order valence-corrected chi connectivity index (χ4v) is 2.50. The van der Waals surface area contributed by atoms with Crippen molar-refractivity contribution in [2.75, 3.05) is 30.7 Å². The van der Waals surface area contributed by atoms with Gasteiger partial charge in [-0.15, -0.1) is 0 Å². The molecule has 4 nitrogen and oxygen atoms in total. The van der Waals surface area contributed by atoms with Crippen LogP contribution >= 0.6 is 22.6 Å². The fourth-order valence-electron chi connectivity index (χ4n) is 2.05. The molecule has 2 heterocycles. The van der Waals surface area contributed by atoms with Gasteiger partial charge in [-0.2, -0.15) is 4.98 Å². The van der Waals surface area contributed by atoms with E-state index in [-0.39, 0.29) is 0 Å². The minimum atomic E-state index is 0.453. The molecule has 0 radical (unpaired) electrons. The molecule has 18 heavy (non-hydrogen) atoms. The lowest BCUT2D eigenvalue weighted by molar-refractivity contribution is 0.225. The Bertz CT molecular complexity index is 369. The number of halogens is 1. The minimum Gasteiger partial charge on any atom is -0.462 e. The van der Waals surface area contributed by atoms with Crippen LogP contribution in [0.25, 0.3) is 0 Å². The second-order valence-corrected chi connectivity index (χ2v) is 5.60. The molecule has 0 spiro atoms. The van der Waals surface area contributed by atoms with Crippen LogP contribution in [0.4, 0.5) is 0 Å². The van der Waals surface area contributed by atoms with Gasteiger partial charge in [-0.25, -0.2) is 4.98 Å². The van der Waals surface area contributed by atoms with E-state index in [4.69, 9.17) is 4.74 Å². The third kappa shape index (κ3) is 4.05. The van der Waals surface area contributed by atoms with Crippen molar-refractivity contribution in [3.63, 3.8) is 0 Å². The molecule has 2 rings (SSSR count). The van der Waals surface area contributed by atoms with Gasteiger partial charge >= 0.3 is 6.01 Å². The summed E-state index contributed by atoms with van der Waals surface area (Å²) < 4.78 is 6.69. The molecule has 0 aromatic carbocycles. The molecular formula is C13H20IN3O. The second kappa shape index (κ2) is 7.23. The van der Waals surface area contributed by atoms with E-state index in [0.717, 1.165) is 16.7 Å². The topological polar surface area (TPSA) is 38.2 Å². The van der Waals surface area contributed by atoms with Crippen LogP contribution in [0.15, 0.2) is 12.3 Å². The first-order chi connectivity index (χ1) is 8.79. The summed E-state index contributed by atoms with van der Waals surface area (Å²) in [4.78, 5) is 11.0. The number of aromatic nitrogens is 2. The smallest absolute Gasteiger partial charge is 0.316 e. The number of likely N-dealkylation sites (tertiary alicyclic amines) is 1. The van der Waals surface area contributed by atoms with Crippen LogP contribution in [0.1, 0.15) is 31.4 Å².